The molecule has 4 rings (SSSR count). The van der Waals surface area contributed by atoms with Crippen LogP contribution in [-0.2, 0) is 0 Å². The van der Waals surface area contributed by atoms with Crippen molar-refractivity contribution in [3.63, 3.8) is 0 Å². The topological polar surface area (TPSA) is 46.9 Å². The average molecular weight is 381 g/mol. The average Bonchev–Trinajstić information content (AvgIpc) is 3.12. The Kier molecular flexibility index (Phi) is 5.00. The van der Waals surface area contributed by atoms with Gasteiger partial charge in [0.2, 0.25) is 0 Å². The van der Waals surface area contributed by atoms with E-state index in [4.69, 9.17) is 0 Å². The Balaban J connectivity index is 1.60. The van der Waals surface area contributed by atoms with Gasteiger partial charge in [0.05, 0.1) is 17.1 Å². The number of carbonyl (C=O) groups is 1. The Morgan fingerprint density at radius 2 is 1.59 bits per heavy atom. The molecule has 1 aromatic heterocycles. The van der Waals surface area contributed by atoms with Gasteiger partial charge in [-0.1, -0.05) is 48.0 Å². The largest absolute Gasteiger partial charge is 0.322 e. The molecule has 4 heteroatoms. The molecule has 0 fully saturated rings. The first-order valence-electron chi connectivity index (χ1n) is 9.62. The minimum Gasteiger partial charge on any atom is -0.322 e. The van der Waals surface area contributed by atoms with Gasteiger partial charge in [0.25, 0.3) is 5.91 Å². The summed E-state index contributed by atoms with van der Waals surface area (Å²) in [6.45, 7) is 6.02. The fourth-order valence-corrected chi connectivity index (χ4v) is 3.41. The minimum atomic E-state index is -0.122. The molecule has 0 radical (unpaired) electrons. The van der Waals surface area contributed by atoms with E-state index in [2.05, 4.69) is 34.7 Å². The second kappa shape index (κ2) is 7.76. The second-order valence-electron chi connectivity index (χ2n) is 7.27. The Morgan fingerprint density at radius 1 is 0.862 bits per heavy atom. The third-order valence-corrected chi connectivity index (χ3v) is 4.91. The molecule has 0 aliphatic carbocycles. The molecule has 0 spiro atoms. The number of aryl methyl sites for hydroxylation is 3. The molecule has 1 amide bonds. The lowest BCUT2D eigenvalue weighted by molar-refractivity contribution is 0.102. The molecule has 29 heavy (non-hydrogen) atoms. The number of benzene rings is 3. The van der Waals surface area contributed by atoms with E-state index in [1.807, 2.05) is 80.1 Å². The van der Waals surface area contributed by atoms with Gasteiger partial charge in [-0.3, -0.25) is 4.79 Å². The number of amides is 1. The zero-order valence-electron chi connectivity index (χ0n) is 16.8. The van der Waals surface area contributed by atoms with Gasteiger partial charge in [-0.25, -0.2) is 4.68 Å². The highest BCUT2D eigenvalue weighted by molar-refractivity contribution is 6.04. The van der Waals surface area contributed by atoms with Crippen LogP contribution in [-0.4, -0.2) is 15.7 Å². The maximum Gasteiger partial charge on any atom is 0.255 e. The van der Waals surface area contributed by atoms with E-state index >= 15 is 0 Å². The first-order valence-corrected chi connectivity index (χ1v) is 9.62. The number of rotatable bonds is 4. The Hall–Kier alpha value is -3.66. The normalized spacial score (nSPS) is 10.7. The van der Waals surface area contributed by atoms with Crippen molar-refractivity contribution in [1.82, 2.24) is 9.78 Å². The van der Waals surface area contributed by atoms with E-state index in [9.17, 15) is 4.79 Å². The molecule has 0 atom stereocenters. The maximum atomic E-state index is 12.7. The fourth-order valence-electron chi connectivity index (χ4n) is 3.41. The number of carbonyl (C=O) groups excluding carboxylic acids is 1. The molecular formula is C25H23N3O. The van der Waals surface area contributed by atoms with Crippen LogP contribution in [0.2, 0.25) is 0 Å². The van der Waals surface area contributed by atoms with Crippen molar-refractivity contribution in [1.29, 1.82) is 0 Å². The number of nitrogens with zero attached hydrogens (tertiary/aromatic N) is 2. The monoisotopic (exact) mass is 381 g/mol. The zero-order valence-corrected chi connectivity index (χ0v) is 16.8. The van der Waals surface area contributed by atoms with Gasteiger partial charge in [0.1, 0.15) is 0 Å². The molecule has 1 N–H and O–H groups in total. The number of hydrogen-bond acceptors (Lipinski definition) is 2. The number of anilines is 1. The van der Waals surface area contributed by atoms with Crippen LogP contribution in [0.3, 0.4) is 0 Å². The SMILES string of the molecule is Cc1ccc(NC(=O)c2ccc(-n3nc(C)cc3-c3ccccc3)cc2)c(C)c1. The summed E-state index contributed by atoms with van der Waals surface area (Å²) in [7, 11) is 0. The molecule has 0 bridgehead atoms. The predicted molar refractivity (Wildman–Crippen MR) is 118 cm³/mol. The molecule has 0 aliphatic heterocycles. The third kappa shape index (κ3) is 3.97. The predicted octanol–water partition coefficient (Wildman–Crippen LogP) is 5.72. The van der Waals surface area contributed by atoms with Gasteiger partial charge in [-0.05, 0) is 62.7 Å². The van der Waals surface area contributed by atoms with Gasteiger partial charge in [-0.2, -0.15) is 5.10 Å². The van der Waals surface area contributed by atoms with Crippen LogP contribution in [0, 0.1) is 20.8 Å². The van der Waals surface area contributed by atoms with Crippen LogP contribution in [0.1, 0.15) is 27.2 Å². The molecule has 1 heterocycles. The van der Waals surface area contributed by atoms with Gasteiger partial charge in [0, 0.05) is 16.8 Å². The highest BCUT2D eigenvalue weighted by atomic mass is 16.1. The van der Waals surface area contributed by atoms with Crippen molar-refractivity contribution in [2.24, 2.45) is 0 Å². The smallest absolute Gasteiger partial charge is 0.255 e. The van der Waals surface area contributed by atoms with Crippen molar-refractivity contribution < 1.29 is 4.79 Å². The quantitative estimate of drug-likeness (QED) is 0.492. The van der Waals surface area contributed by atoms with Gasteiger partial charge in [0.15, 0.2) is 0 Å². The van der Waals surface area contributed by atoms with E-state index in [1.165, 1.54) is 5.56 Å². The van der Waals surface area contributed by atoms with E-state index in [1.54, 1.807) is 0 Å². The summed E-state index contributed by atoms with van der Waals surface area (Å²) >= 11 is 0. The van der Waals surface area contributed by atoms with Crippen molar-refractivity contribution in [3.05, 3.63) is 101 Å². The lowest BCUT2D eigenvalue weighted by Gasteiger charge is -2.11. The molecule has 144 valence electrons. The summed E-state index contributed by atoms with van der Waals surface area (Å²) in [4.78, 5) is 12.7. The summed E-state index contributed by atoms with van der Waals surface area (Å²) in [5.74, 6) is -0.122. The Morgan fingerprint density at radius 3 is 2.28 bits per heavy atom. The minimum absolute atomic E-state index is 0.122. The summed E-state index contributed by atoms with van der Waals surface area (Å²) in [5, 5.41) is 7.63. The van der Waals surface area contributed by atoms with Crippen LogP contribution in [0.25, 0.3) is 16.9 Å². The summed E-state index contributed by atoms with van der Waals surface area (Å²) in [5.41, 5.74) is 7.65. The maximum absolute atomic E-state index is 12.7. The molecule has 0 aliphatic rings. The molecular weight excluding hydrogens is 358 g/mol. The molecule has 0 unspecified atom stereocenters. The fraction of sp³-hybridized carbons (Fsp3) is 0.120. The lowest BCUT2D eigenvalue weighted by Crippen LogP contribution is -2.13. The van der Waals surface area contributed by atoms with Crippen molar-refractivity contribution >= 4 is 11.6 Å². The summed E-state index contributed by atoms with van der Waals surface area (Å²) in [6, 6.07) is 25.8. The van der Waals surface area contributed by atoms with Gasteiger partial charge < -0.3 is 5.32 Å². The third-order valence-electron chi connectivity index (χ3n) is 4.91. The Labute approximate surface area is 170 Å². The van der Waals surface area contributed by atoms with Crippen LogP contribution < -0.4 is 5.32 Å². The van der Waals surface area contributed by atoms with E-state index in [-0.39, 0.29) is 5.91 Å². The van der Waals surface area contributed by atoms with E-state index < -0.39 is 0 Å². The highest BCUT2D eigenvalue weighted by Crippen LogP contribution is 2.24. The molecule has 4 nitrogen and oxygen atoms in total. The van der Waals surface area contributed by atoms with Crippen molar-refractivity contribution in [3.8, 4) is 16.9 Å². The van der Waals surface area contributed by atoms with Crippen LogP contribution in [0.15, 0.2) is 78.9 Å². The van der Waals surface area contributed by atoms with Crippen molar-refractivity contribution in [2.45, 2.75) is 20.8 Å². The molecule has 0 saturated heterocycles. The lowest BCUT2D eigenvalue weighted by atomic mass is 10.1. The van der Waals surface area contributed by atoms with Crippen LogP contribution in [0.5, 0.6) is 0 Å². The molecule has 0 saturated carbocycles. The number of hydrogen-bond donors (Lipinski definition) is 1. The molecule has 3 aromatic carbocycles. The van der Waals surface area contributed by atoms with Crippen LogP contribution >= 0.6 is 0 Å². The highest BCUT2D eigenvalue weighted by Gasteiger charge is 2.12. The second-order valence-corrected chi connectivity index (χ2v) is 7.27. The van der Waals surface area contributed by atoms with Gasteiger partial charge in [-0.15, -0.1) is 0 Å². The summed E-state index contributed by atoms with van der Waals surface area (Å²) in [6.07, 6.45) is 0. The van der Waals surface area contributed by atoms with Crippen LogP contribution in [0.4, 0.5) is 5.69 Å². The standard InChI is InChI=1S/C25H23N3O/c1-17-9-14-23(18(2)15-17)26-25(29)21-10-12-22(13-11-21)28-24(16-19(3)27-28)20-7-5-4-6-8-20/h4-16H,1-3H3,(H,26,29). The Bertz CT molecular complexity index is 1160. The van der Waals surface area contributed by atoms with E-state index in [0.29, 0.717) is 5.56 Å². The summed E-state index contributed by atoms with van der Waals surface area (Å²) < 4.78 is 1.91. The van der Waals surface area contributed by atoms with E-state index in [0.717, 1.165) is 33.9 Å². The number of aromatic nitrogens is 2. The van der Waals surface area contributed by atoms with Gasteiger partial charge >= 0.3 is 0 Å². The molecule has 4 aromatic rings. The zero-order chi connectivity index (χ0) is 20.4. The first-order chi connectivity index (χ1) is 14.0. The van der Waals surface area contributed by atoms with Crippen molar-refractivity contribution in [2.75, 3.05) is 5.32 Å². The first kappa shape index (κ1) is 18.7. The number of nitrogens with one attached hydrogen (secondary N) is 1.